The minimum atomic E-state index is -0.0729. The molecule has 4 fully saturated rings. The van der Waals surface area contributed by atoms with Gasteiger partial charge in [-0.1, -0.05) is 64.5 Å². The molecule has 1 nitrogen and oxygen atoms in total. The molecule has 5 aliphatic carbocycles. The number of allylic oxidation sites excluding steroid dienone is 1. The van der Waals surface area contributed by atoms with E-state index in [1.165, 1.54) is 77.0 Å². The largest absolute Gasteiger partial charge is 0.393 e. The predicted molar refractivity (Wildman–Crippen MR) is 122 cm³/mol. The molecule has 4 saturated carbocycles. The number of aliphatic hydroxyl groups excluding tert-OH is 1. The summed E-state index contributed by atoms with van der Waals surface area (Å²) in [6.45, 7) is 7.92. The fourth-order valence-electron chi connectivity index (χ4n) is 9.73. The van der Waals surface area contributed by atoms with Gasteiger partial charge in [-0.25, -0.2) is 0 Å². The van der Waals surface area contributed by atoms with Crippen LogP contribution in [0.4, 0.5) is 0 Å². The summed E-state index contributed by atoms with van der Waals surface area (Å²) in [6, 6.07) is 0. The summed E-state index contributed by atoms with van der Waals surface area (Å²) in [6.07, 6.45) is 22.0. The van der Waals surface area contributed by atoms with E-state index in [4.69, 9.17) is 0 Å². The summed E-state index contributed by atoms with van der Waals surface area (Å²) in [4.78, 5) is 0. The van der Waals surface area contributed by atoms with Crippen LogP contribution in [0.2, 0.25) is 0 Å². The first-order chi connectivity index (χ1) is 13.9. The van der Waals surface area contributed by atoms with Crippen LogP contribution in [0.1, 0.15) is 111 Å². The molecule has 0 amide bonds. The smallest absolute Gasteiger partial charge is 0.0577 e. The van der Waals surface area contributed by atoms with E-state index in [9.17, 15) is 5.11 Å². The van der Waals surface area contributed by atoms with E-state index in [1.807, 2.05) is 0 Å². The monoisotopic (exact) mass is 398 g/mol. The third-order valence-electron chi connectivity index (χ3n) is 11.3. The molecule has 8 atom stereocenters. The topological polar surface area (TPSA) is 20.2 Å². The summed E-state index contributed by atoms with van der Waals surface area (Å²) in [5.74, 6) is 5.71. The zero-order valence-corrected chi connectivity index (χ0v) is 19.5. The Kier molecular flexibility index (Phi) is 5.46. The van der Waals surface area contributed by atoms with Crippen molar-refractivity contribution in [2.45, 2.75) is 117 Å². The van der Waals surface area contributed by atoms with Crippen molar-refractivity contribution >= 4 is 0 Å². The van der Waals surface area contributed by atoms with Crippen molar-refractivity contribution in [2.24, 2.45) is 46.3 Å². The van der Waals surface area contributed by atoms with Crippen molar-refractivity contribution < 1.29 is 5.11 Å². The maximum atomic E-state index is 10.2. The summed E-state index contributed by atoms with van der Waals surface area (Å²) < 4.78 is 0. The quantitative estimate of drug-likeness (QED) is 0.487. The van der Waals surface area contributed by atoms with Gasteiger partial charge in [0.15, 0.2) is 0 Å². The zero-order chi connectivity index (χ0) is 20.2. The average molecular weight is 399 g/mol. The normalized spacial score (nSPS) is 49.0. The van der Waals surface area contributed by atoms with E-state index >= 15 is 0 Å². The van der Waals surface area contributed by atoms with Gasteiger partial charge in [-0.15, -0.1) is 0 Å². The lowest BCUT2D eigenvalue weighted by atomic mass is 9.47. The van der Waals surface area contributed by atoms with Gasteiger partial charge in [-0.05, 0) is 104 Å². The molecule has 1 N–H and O–H groups in total. The molecule has 0 aromatic rings. The van der Waals surface area contributed by atoms with E-state index in [1.54, 1.807) is 5.57 Å². The summed E-state index contributed by atoms with van der Waals surface area (Å²) in [5, 5.41) is 10.2. The van der Waals surface area contributed by atoms with Gasteiger partial charge in [-0.2, -0.15) is 0 Å². The highest BCUT2D eigenvalue weighted by atomic mass is 16.3. The third-order valence-corrected chi connectivity index (χ3v) is 11.3. The van der Waals surface area contributed by atoms with E-state index in [0.717, 1.165) is 48.3 Å². The summed E-state index contributed by atoms with van der Waals surface area (Å²) >= 11 is 0. The molecule has 0 aromatic heterocycles. The molecule has 29 heavy (non-hydrogen) atoms. The van der Waals surface area contributed by atoms with E-state index in [-0.39, 0.29) is 6.10 Å². The van der Waals surface area contributed by atoms with E-state index in [2.05, 4.69) is 26.8 Å². The standard InChI is InChI=1S/C28H46O/c1-19(17-20-7-5-4-6-8-20)24-11-12-25-23-10-9-21-18-22(29)13-15-27(21,2)26(23)14-16-28(24,25)3/h9,19-20,22-26,29H,4-8,10-18H2,1-3H3/t19-,22+,23+,24-,25+,26+,27+,28-/m1/s1. The fourth-order valence-corrected chi connectivity index (χ4v) is 9.73. The number of hydrogen-bond acceptors (Lipinski definition) is 1. The molecule has 0 heterocycles. The first-order valence-corrected chi connectivity index (χ1v) is 13.3. The van der Waals surface area contributed by atoms with Gasteiger partial charge in [0.25, 0.3) is 0 Å². The van der Waals surface area contributed by atoms with Crippen molar-refractivity contribution in [2.75, 3.05) is 0 Å². The number of aliphatic hydroxyl groups is 1. The van der Waals surface area contributed by atoms with E-state index in [0.29, 0.717) is 10.8 Å². The Morgan fingerprint density at radius 1 is 0.966 bits per heavy atom. The molecule has 0 aliphatic heterocycles. The van der Waals surface area contributed by atoms with Crippen LogP contribution in [0.5, 0.6) is 0 Å². The molecule has 0 spiro atoms. The van der Waals surface area contributed by atoms with Crippen molar-refractivity contribution in [1.82, 2.24) is 0 Å². The van der Waals surface area contributed by atoms with Crippen molar-refractivity contribution in [3.05, 3.63) is 11.6 Å². The van der Waals surface area contributed by atoms with Crippen LogP contribution >= 0.6 is 0 Å². The summed E-state index contributed by atoms with van der Waals surface area (Å²) in [7, 11) is 0. The van der Waals surface area contributed by atoms with Gasteiger partial charge >= 0.3 is 0 Å². The molecule has 5 rings (SSSR count). The third kappa shape index (κ3) is 3.37. The van der Waals surface area contributed by atoms with Gasteiger partial charge in [-0.3, -0.25) is 0 Å². The maximum absolute atomic E-state index is 10.2. The molecule has 0 radical (unpaired) electrons. The molecule has 0 aromatic carbocycles. The minimum Gasteiger partial charge on any atom is -0.393 e. The molecule has 5 aliphatic rings. The Morgan fingerprint density at radius 2 is 1.76 bits per heavy atom. The molecule has 0 unspecified atom stereocenters. The number of rotatable bonds is 3. The van der Waals surface area contributed by atoms with Crippen LogP contribution in [0.15, 0.2) is 11.6 Å². The summed E-state index contributed by atoms with van der Waals surface area (Å²) in [5.41, 5.74) is 2.63. The Labute approximate surface area is 180 Å². The Bertz CT molecular complexity index is 630. The lowest BCUT2D eigenvalue weighted by Crippen LogP contribution is -2.50. The van der Waals surface area contributed by atoms with Gasteiger partial charge in [0.2, 0.25) is 0 Å². The van der Waals surface area contributed by atoms with Crippen LogP contribution < -0.4 is 0 Å². The van der Waals surface area contributed by atoms with Crippen LogP contribution in [0, 0.1) is 46.3 Å². The van der Waals surface area contributed by atoms with Crippen molar-refractivity contribution in [1.29, 1.82) is 0 Å². The molecule has 164 valence electrons. The molecular formula is C28H46O. The second-order valence-corrected chi connectivity index (χ2v) is 12.6. The van der Waals surface area contributed by atoms with Crippen LogP contribution in [-0.2, 0) is 0 Å². The molecule has 1 heteroatoms. The van der Waals surface area contributed by atoms with Gasteiger partial charge in [0.05, 0.1) is 6.10 Å². The zero-order valence-electron chi connectivity index (χ0n) is 19.5. The fraction of sp³-hybridized carbons (Fsp3) is 0.929. The predicted octanol–water partition coefficient (Wildman–Crippen LogP) is 7.53. The SMILES string of the molecule is C[C@H](CC1CCCCC1)[C@H]1CC[C@H]2[C@@H]3CC=C4C[C@@H](O)CC[C@]4(C)[C@H]3CC[C@]12C. The average Bonchev–Trinajstić information content (AvgIpc) is 3.06. The first kappa shape index (κ1) is 20.6. The Balaban J connectivity index is 1.33. The minimum absolute atomic E-state index is 0.0729. The second kappa shape index (κ2) is 7.68. The van der Waals surface area contributed by atoms with Crippen molar-refractivity contribution in [3.8, 4) is 0 Å². The van der Waals surface area contributed by atoms with Crippen LogP contribution in [0.25, 0.3) is 0 Å². The highest BCUT2D eigenvalue weighted by Gasteiger charge is 2.59. The molecular weight excluding hydrogens is 352 g/mol. The van der Waals surface area contributed by atoms with Gasteiger partial charge in [0.1, 0.15) is 0 Å². The first-order valence-electron chi connectivity index (χ1n) is 13.3. The lowest BCUT2D eigenvalue weighted by molar-refractivity contribution is -0.0582. The Morgan fingerprint density at radius 3 is 2.55 bits per heavy atom. The number of fused-ring (bicyclic) bond motifs is 5. The van der Waals surface area contributed by atoms with Crippen molar-refractivity contribution in [3.63, 3.8) is 0 Å². The highest BCUT2D eigenvalue weighted by Crippen LogP contribution is 2.67. The molecule has 0 saturated heterocycles. The van der Waals surface area contributed by atoms with Gasteiger partial charge < -0.3 is 5.11 Å². The van der Waals surface area contributed by atoms with Crippen LogP contribution in [-0.4, -0.2) is 11.2 Å². The van der Waals surface area contributed by atoms with Gasteiger partial charge in [0, 0.05) is 0 Å². The highest BCUT2D eigenvalue weighted by molar-refractivity contribution is 5.25. The van der Waals surface area contributed by atoms with Crippen LogP contribution in [0.3, 0.4) is 0 Å². The lowest BCUT2D eigenvalue weighted by Gasteiger charge is -2.58. The van der Waals surface area contributed by atoms with E-state index < -0.39 is 0 Å². The number of hydrogen-bond donors (Lipinski definition) is 1. The Hall–Kier alpha value is -0.300. The maximum Gasteiger partial charge on any atom is 0.0577 e. The second-order valence-electron chi connectivity index (χ2n) is 12.6. The molecule has 0 bridgehead atoms.